The summed E-state index contributed by atoms with van der Waals surface area (Å²) in [6.07, 6.45) is 31.4. The van der Waals surface area contributed by atoms with Gasteiger partial charge < -0.3 is 4.90 Å². The smallest absolute Gasteiger partial charge is 0.00891 e. The largest absolute Gasteiger partial charge is 0.306 e. The molecule has 0 rings (SSSR count). The molecule has 0 bridgehead atoms. The van der Waals surface area contributed by atoms with E-state index in [1.165, 1.54) is 122 Å². The SMILES string of the molecule is CCCCCCC=CCCCCCCCC(CCCCCCCC)N(C)C. The van der Waals surface area contributed by atoms with E-state index in [0.29, 0.717) is 0 Å². The van der Waals surface area contributed by atoms with Crippen LogP contribution in [0.4, 0.5) is 0 Å². The van der Waals surface area contributed by atoms with Gasteiger partial charge in [0, 0.05) is 6.04 Å². The molecular formula is C26H53N. The maximum absolute atomic E-state index is 2.47. The van der Waals surface area contributed by atoms with E-state index in [4.69, 9.17) is 0 Å². The number of hydrogen-bond acceptors (Lipinski definition) is 1. The average molecular weight is 380 g/mol. The molecule has 0 N–H and O–H groups in total. The standard InChI is InChI=1S/C26H53N/c1-5-7-9-11-13-14-15-16-17-18-19-21-23-25-26(27(3)4)24-22-20-12-10-8-6-2/h14-15,26H,5-13,16-25H2,1-4H3. The van der Waals surface area contributed by atoms with E-state index < -0.39 is 0 Å². The molecule has 0 saturated carbocycles. The summed E-state index contributed by atoms with van der Waals surface area (Å²) in [6.45, 7) is 4.58. The molecule has 0 aliphatic carbocycles. The van der Waals surface area contributed by atoms with E-state index in [2.05, 4.69) is 45.0 Å². The molecule has 0 saturated heterocycles. The van der Waals surface area contributed by atoms with Gasteiger partial charge in [-0.1, -0.05) is 109 Å². The Balaban J connectivity index is 3.46. The Morgan fingerprint density at radius 2 is 0.889 bits per heavy atom. The first kappa shape index (κ1) is 26.7. The van der Waals surface area contributed by atoms with Gasteiger partial charge in [0.15, 0.2) is 0 Å². The molecule has 1 atom stereocenters. The minimum absolute atomic E-state index is 0.812. The van der Waals surface area contributed by atoms with Crippen LogP contribution in [-0.4, -0.2) is 25.0 Å². The number of nitrogens with zero attached hydrogens (tertiary/aromatic N) is 1. The highest BCUT2D eigenvalue weighted by molar-refractivity contribution is 4.81. The lowest BCUT2D eigenvalue weighted by atomic mass is 9.99. The molecule has 0 aliphatic heterocycles. The highest BCUT2D eigenvalue weighted by Crippen LogP contribution is 2.17. The lowest BCUT2D eigenvalue weighted by Gasteiger charge is -2.24. The molecule has 0 aromatic heterocycles. The Bertz CT molecular complexity index is 295. The Kier molecular flexibility index (Phi) is 21.7. The Labute approximate surface area is 173 Å². The van der Waals surface area contributed by atoms with Crippen LogP contribution in [0.5, 0.6) is 0 Å². The molecule has 0 heterocycles. The van der Waals surface area contributed by atoms with Crippen molar-refractivity contribution in [2.45, 2.75) is 142 Å². The molecule has 0 fully saturated rings. The van der Waals surface area contributed by atoms with Crippen LogP contribution in [0.3, 0.4) is 0 Å². The van der Waals surface area contributed by atoms with Crippen molar-refractivity contribution in [3.63, 3.8) is 0 Å². The first-order valence-electron chi connectivity index (χ1n) is 12.5. The van der Waals surface area contributed by atoms with Crippen LogP contribution in [0.1, 0.15) is 136 Å². The quantitative estimate of drug-likeness (QED) is 0.142. The van der Waals surface area contributed by atoms with Gasteiger partial charge in [-0.2, -0.15) is 0 Å². The number of hydrogen-bond donors (Lipinski definition) is 0. The normalized spacial score (nSPS) is 13.1. The van der Waals surface area contributed by atoms with E-state index in [9.17, 15) is 0 Å². The fourth-order valence-electron chi connectivity index (χ4n) is 3.92. The van der Waals surface area contributed by atoms with Gasteiger partial charge in [0.05, 0.1) is 0 Å². The fourth-order valence-corrected chi connectivity index (χ4v) is 3.92. The number of rotatable bonds is 21. The number of allylic oxidation sites excluding steroid dienone is 2. The van der Waals surface area contributed by atoms with Gasteiger partial charge in [0.1, 0.15) is 0 Å². The first-order chi connectivity index (χ1) is 13.2. The maximum Gasteiger partial charge on any atom is 0.00891 e. The van der Waals surface area contributed by atoms with Crippen molar-refractivity contribution < 1.29 is 0 Å². The summed E-state index contributed by atoms with van der Waals surface area (Å²) in [7, 11) is 4.55. The Hall–Kier alpha value is -0.300. The van der Waals surface area contributed by atoms with Gasteiger partial charge in [0.25, 0.3) is 0 Å². The van der Waals surface area contributed by atoms with Crippen LogP contribution in [0, 0.1) is 0 Å². The van der Waals surface area contributed by atoms with Gasteiger partial charge in [-0.15, -0.1) is 0 Å². The van der Waals surface area contributed by atoms with Crippen LogP contribution in [0.25, 0.3) is 0 Å². The van der Waals surface area contributed by atoms with Crippen molar-refractivity contribution >= 4 is 0 Å². The second-order valence-corrected chi connectivity index (χ2v) is 8.84. The Morgan fingerprint density at radius 3 is 1.33 bits per heavy atom. The second kappa shape index (κ2) is 22.0. The molecule has 0 radical (unpaired) electrons. The molecule has 27 heavy (non-hydrogen) atoms. The lowest BCUT2D eigenvalue weighted by Crippen LogP contribution is -2.27. The van der Waals surface area contributed by atoms with E-state index in [-0.39, 0.29) is 0 Å². The summed E-state index contributed by atoms with van der Waals surface area (Å²) in [5.41, 5.74) is 0. The molecular weight excluding hydrogens is 326 g/mol. The van der Waals surface area contributed by atoms with E-state index in [1.807, 2.05) is 0 Å². The molecule has 0 amide bonds. The highest BCUT2D eigenvalue weighted by Gasteiger charge is 2.10. The van der Waals surface area contributed by atoms with Crippen LogP contribution in [0.15, 0.2) is 12.2 Å². The number of unbranched alkanes of at least 4 members (excludes halogenated alkanes) is 14. The summed E-state index contributed by atoms with van der Waals surface area (Å²) in [5.74, 6) is 0. The Morgan fingerprint density at radius 1 is 0.519 bits per heavy atom. The van der Waals surface area contributed by atoms with Crippen molar-refractivity contribution in [3.8, 4) is 0 Å². The molecule has 0 spiro atoms. The summed E-state index contributed by atoms with van der Waals surface area (Å²) < 4.78 is 0. The van der Waals surface area contributed by atoms with E-state index >= 15 is 0 Å². The van der Waals surface area contributed by atoms with Crippen LogP contribution < -0.4 is 0 Å². The maximum atomic E-state index is 2.47. The zero-order valence-electron chi connectivity index (χ0n) is 19.6. The predicted octanol–water partition coefficient (Wildman–Crippen LogP) is 8.92. The molecule has 1 nitrogen and oxygen atoms in total. The summed E-state index contributed by atoms with van der Waals surface area (Å²) in [4.78, 5) is 2.47. The third-order valence-corrected chi connectivity index (χ3v) is 5.92. The first-order valence-corrected chi connectivity index (χ1v) is 12.5. The molecule has 1 heteroatoms. The summed E-state index contributed by atoms with van der Waals surface area (Å²) >= 11 is 0. The topological polar surface area (TPSA) is 3.24 Å². The van der Waals surface area contributed by atoms with Gasteiger partial charge in [-0.3, -0.25) is 0 Å². The summed E-state index contributed by atoms with van der Waals surface area (Å²) in [5, 5.41) is 0. The monoisotopic (exact) mass is 379 g/mol. The lowest BCUT2D eigenvalue weighted by molar-refractivity contribution is 0.251. The second-order valence-electron chi connectivity index (χ2n) is 8.84. The van der Waals surface area contributed by atoms with Crippen LogP contribution in [0.2, 0.25) is 0 Å². The van der Waals surface area contributed by atoms with Crippen molar-refractivity contribution in [2.75, 3.05) is 14.1 Å². The van der Waals surface area contributed by atoms with Gasteiger partial charge >= 0.3 is 0 Å². The van der Waals surface area contributed by atoms with E-state index in [1.54, 1.807) is 0 Å². The highest BCUT2D eigenvalue weighted by atomic mass is 15.1. The third kappa shape index (κ3) is 20.2. The average Bonchev–Trinajstić information content (AvgIpc) is 2.66. The minimum Gasteiger partial charge on any atom is -0.306 e. The summed E-state index contributed by atoms with van der Waals surface area (Å²) in [6, 6.07) is 0.812. The molecule has 1 unspecified atom stereocenters. The zero-order valence-corrected chi connectivity index (χ0v) is 19.6. The third-order valence-electron chi connectivity index (χ3n) is 5.92. The fraction of sp³-hybridized carbons (Fsp3) is 0.923. The van der Waals surface area contributed by atoms with Crippen molar-refractivity contribution in [2.24, 2.45) is 0 Å². The van der Waals surface area contributed by atoms with Crippen LogP contribution >= 0.6 is 0 Å². The molecule has 0 aromatic carbocycles. The van der Waals surface area contributed by atoms with Crippen molar-refractivity contribution in [1.82, 2.24) is 4.90 Å². The van der Waals surface area contributed by atoms with Crippen LogP contribution in [-0.2, 0) is 0 Å². The molecule has 0 aromatic rings. The zero-order chi connectivity index (χ0) is 20.0. The van der Waals surface area contributed by atoms with Gasteiger partial charge in [-0.25, -0.2) is 0 Å². The van der Waals surface area contributed by atoms with Crippen molar-refractivity contribution in [1.29, 1.82) is 0 Å². The molecule has 162 valence electrons. The van der Waals surface area contributed by atoms with E-state index in [0.717, 1.165) is 6.04 Å². The molecule has 0 aliphatic rings. The van der Waals surface area contributed by atoms with Crippen molar-refractivity contribution in [3.05, 3.63) is 12.2 Å². The van der Waals surface area contributed by atoms with Gasteiger partial charge in [-0.05, 0) is 52.6 Å². The predicted molar refractivity (Wildman–Crippen MR) is 126 cm³/mol. The minimum atomic E-state index is 0.812. The van der Waals surface area contributed by atoms with Gasteiger partial charge in [0.2, 0.25) is 0 Å².